The highest BCUT2D eigenvalue weighted by atomic mass is 32.2. The SMILES string of the molecule is Cc1ccc(NC(=O)c2cccc(S(=O)(=O)N3CCN(c4ccc(F)cc4)CC3)c2)cc1. The van der Waals surface area contributed by atoms with Crippen LogP contribution in [0, 0.1) is 12.7 Å². The number of nitrogens with zero attached hydrogens (tertiary/aromatic N) is 2. The number of amides is 1. The molecule has 8 heteroatoms. The summed E-state index contributed by atoms with van der Waals surface area (Å²) in [5, 5.41) is 2.79. The minimum absolute atomic E-state index is 0.0873. The summed E-state index contributed by atoms with van der Waals surface area (Å²) in [4.78, 5) is 14.7. The summed E-state index contributed by atoms with van der Waals surface area (Å²) in [6.45, 7) is 3.56. The normalized spacial score (nSPS) is 14.9. The van der Waals surface area contributed by atoms with Crippen molar-refractivity contribution in [3.05, 3.63) is 89.7 Å². The molecule has 0 saturated carbocycles. The summed E-state index contributed by atoms with van der Waals surface area (Å²) < 4.78 is 40.9. The molecular weight excluding hydrogens is 429 g/mol. The van der Waals surface area contributed by atoms with Gasteiger partial charge in [0.25, 0.3) is 5.91 Å². The maximum atomic E-state index is 13.2. The van der Waals surface area contributed by atoms with Gasteiger partial charge in [0.2, 0.25) is 10.0 Å². The predicted octanol–water partition coefficient (Wildman–Crippen LogP) is 3.90. The fraction of sp³-hybridized carbons (Fsp3) is 0.208. The number of carbonyl (C=O) groups is 1. The summed E-state index contributed by atoms with van der Waals surface area (Å²) in [7, 11) is -3.74. The first-order valence-electron chi connectivity index (χ1n) is 10.3. The summed E-state index contributed by atoms with van der Waals surface area (Å²) in [5.41, 5.74) is 2.86. The highest BCUT2D eigenvalue weighted by Gasteiger charge is 2.29. The molecule has 32 heavy (non-hydrogen) atoms. The molecule has 0 atom stereocenters. The molecule has 1 aliphatic rings. The number of nitrogens with one attached hydrogen (secondary N) is 1. The summed E-state index contributed by atoms with van der Waals surface area (Å²) in [6, 6.07) is 19.6. The number of halogens is 1. The van der Waals surface area contributed by atoms with E-state index in [1.807, 2.05) is 24.0 Å². The highest BCUT2D eigenvalue weighted by molar-refractivity contribution is 7.89. The first kappa shape index (κ1) is 22.0. The average Bonchev–Trinajstić information content (AvgIpc) is 2.81. The Morgan fingerprint density at radius 2 is 1.56 bits per heavy atom. The van der Waals surface area contributed by atoms with Crippen LogP contribution in [-0.4, -0.2) is 44.8 Å². The number of anilines is 2. The Hall–Kier alpha value is -3.23. The van der Waals surface area contributed by atoms with E-state index in [9.17, 15) is 17.6 Å². The minimum Gasteiger partial charge on any atom is -0.369 e. The number of sulfonamides is 1. The molecular formula is C24H24FN3O3S. The van der Waals surface area contributed by atoms with Crippen LogP contribution in [-0.2, 0) is 10.0 Å². The molecule has 1 N–H and O–H groups in total. The van der Waals surface area contributed by atoms with Crippen LogP contribution in [0.2, 0.25) is 0 Å². The zero-order valence-corrected chi connectivity index (χ0v) is 18.5. The number of rotatable bonds is 5. The van der Waals surface area contributed by atoms with Crippen molar-refractivity contribution in [2.45, 2.75) is 11.8 Å². The standard InChI is InChI=1S/C24H24FN3O3S/c1-18-5-9-21(10-6-18)26-24(29)19-3-2-4-23(17-19)32(30,31)28-15-13-27(14-16-28)22-11-7-20(25)8-12-22/h2-12,17H,13-16H2,1H3,(H,26,29). The van der Waals surface area contributed by atoms with Crippen molar-refractivity contribution >= 4 is 27.3 Å². The van der Waals surface area contributed by atoms with Gasteiger partial charge in [-0.25, -0.2) is 12.8 Å². The third-order valence-electron chi connectivity index (χ3n) is 5.47. The Balaban J connectivity index is 1.45. The average molecular weight is 454 g/mol. The van der Waals surface area contributed by atoms with E-state index >= 15 is 0 Å². The lowest BCUT2D eigenvalue weighted by Crippen LogP contribution is -2.48. The molecule has 1 aliphatic heterocycles. The van der Waals surface area contributed by atoms with Gasteiger partial charge in [-0.15, -0.1) is 0 Å². The number of piperazine rings is 1. The van der Waals surface area contributed by atoms with Crippen LogP contribution in [0.1, 0.15) is 15.9 Å². The Morgan fingerprint density at radius 3 is 2.22 bits per heavy atom. The topological polar surface area (TPSA) is 69.7 Å². The van der Waals surface area contributed by atoms with Gasteiger partial charge in [0.15, 0.2) is 0 Å². The highest BCUT2D eigenvalue weighted by Crippen LogP contribution is 2.22. The molecule has 1 heterocycles. The summed E-state index contributed by atoms with van der Waals surface area (Å²) in [6.07, 6.45) is 0. The van der Waals surface area contributed by atoms with Gasteiger partial charge in [0, 0.05) is 43.1 Å². The third-order valence-corrected chi connectivity index (χ3v) is 7.37. The van der Waals surface area contributed by atoms with Crippen molar-refractivity contribution in [2.24, 2.45) is 0 Å². The molecule has 0 spiro atoms. The van der Waals surface area contributed by atoms with Crippen LogP contribution in [0.5, 0.6) is 0 Å². The monoisotopic (exact) mass is 453 g/mol. The molecule has 0 unspecified atom stereocenters. The molecule has 0 aromatic heterocycles. The number of carbonyl (C=O) groups excluding carboxylic acids is 1. The first-order chi connectivity index (χ1) is 15.3. The lowest BCUT2D eigenvalue weighted by molar-refractivity contribution is 0.102. The molecule has 1 saturated heterocycles. The van der Waals surface area contributed by atoms with E-state index in [-0.39, 0.29) is 22.2 Å². The second-order valence-corrected chi connectivity index (χ2v) is 9.65. The van der Waals surface area contributed by atoms with Gasteiger partial charge < -0.3 is 10.2 Å². The van der Waals surface area contributed by atoms with Gasteiger partial charge in [0.05, 0.1) is 4.90 Å². The zero-order chi connectivity index (χ0) is 22.7. The van der Waals surface area contributed by atoms with Crippen LogP contribution in [0.25, 0.3) is 0 Å². The summed E-state index contributed by atoms with van der Waals surface area (Å²) >= 11 is 0. The van der Waals surface area contributed by atoms with Crippen molar-refractivity contribution in [3.63, 3.8) is 0 Å². The first-order valence-corrected chi connectivity index (χ1v) is 11.8. The van der Waals surface area contributed by atoms with Crippen molar-refractivity contribution in [3.8, 4) is 0 Å². The Morgan fingerprint density at radius 1 is 0.906 bits per heavy atom. The Kier molecular flexibility index (Phi) is 6.25. The maximum Gasteiger partial charge on any atom is 0.255 e. The largest absolute Gasteiger partial charge is 0.369 e. The number of benzene rings is 3. The number of hydrogen-bond acceptors (Lipinski definition) is 4. The second kappa shape index (κ2) is 9.10. The summed E-state index contributed by atoms with van der Waals surface area (Å²) in [5.74, 6) is -0.673. The van der Waals surface area contributed by atoms with Crippen LogP contribution >= 0.6 is 0 Å². The molecule has 1 fully saturated rings. The molecule has 3 aromatic rings. The molecule has 6 nitrogen and oxygen atoms in total. The lowest BCUT2D eigenvalue weighted by atomic mass is 10.2. The van der Waals surface area contributed by atoms with E-state index in [2.05, 4.69) is 5.32 Å². The van der Waals surface area contributed by atoms with Crippen LogP contribution in [0.3, 0.4) is 0 Å². The molecule has 0 aliphatic carbocycles. The van der Waals surface area contributed by atoms with Gasteiger partial charge in [-0.05, 0) is 61.5 Å². The van der Waals surface area contributed by atoms with Crippen molar-refractivity contribution in [2.75, 3.05) is 36.4 Å². The van der Waals surface area contributed by atoms with E-state index < -0.39 is 10.0 Å². The van der Waals surface area contributed by atoms with Gasteiger partial charge in [-0.3, -0.25) is 4.79 Å². The molecule has 0 bridgehead atoms. The smallest absolute Gasteiger partial charge is 0.255 e. The van der Waals surface area contributed by atoms with Crippen molar-refractivity contribution in [1.29, 1.82) is 0 Å². The van der Waals surface area contributed by atoms with Crippen LogP contribution in [0.4, 0.5) is 15.8 Å². The number of aryl methyl sites for hydroxylation is 1. The quantitative estimate of drug-likeness (QED) is 0.636. The van der Waals surface area contributed by atoms with Gasteiger partial charge in [0.1, 0.15) is 5.82 Å². The third kappa shape index (κ3) is 4.81. The molecule has 3 aromatic carbocycles. The molecule has 1 amide bonds. The maximum absolute atomic E-state index is 13.2. The molecule has 166 valence electrons. The fourth-order valence-corrected chi connectivity index (χ4v) is 5.09. The van der Waals surface area contributed by atoms with Gasteiger partial charge >= 0.3 is 0 Å². The van der Waals surface area contributed by atoms with E-state index in [1.165, 1.54) is 28.6 Å². The van der Waals surface area contributed by atoms with Gasteiger partial charge in [-0.1, -0.05) is 23.8 Å². The van der Waals surface area contributed by atoms with E-state index in [4.69, 9.17) is 0 Å². The van der Waals surface area contributed by atoms with E-state index in [1.54, 1.807) is 36.4 Å². The lowest BCUT2D eigenvalue weighted by Gasteiger charge is -2.35. The van der Waals surface area contributed by atoms with Crippen molar-refractivity contribution < 1.29 is 17.6 Å². The predicted molar refractivity (Wildman–Crippen MR) is 123 cm³/mol. The Labute approximate surface area is 187 Å². The minimum atomic E-state index is -3.74. The van der Waals surface area contributed by atoms with E-state index in [0.29, 0.717) is 31.9 Å². The van der Waals surface area contributed by atoms with Gasteiger partial charge in [-0.2, -0.15) is 4.31 Å². The van der Waals surface area contributed by atoms with Crippen molar-refractivity contribution in [1.82, 2.24) is 4.31 Å². The second-order valence-electron chi connectivity index (χ2n) is 7.72. The molecule has 4 rings (SSSR count). The van der Waals surface area contributed by atoms with Crippen LogP contribution in [0.15, 0.2) is 77.7 Å². The Bertz CT molecular complexity index is 1200. The van der Waals surface area contributed by atoms with E-state index in [0.717, 1.165) is 11.3 Å². The number of hydrogen-bond donors (Lipinski definition) is 1. The van der Waals surface area contributed by atoms with Crippen LogP contribution < -0.4 is 10.2 Å². The fourth-order valence-electron chi connectivity index (χ4n) is 3.63. The molecule has 0 radical (unpaired) electrons. The zero-order valence-electron chi connectivity index (χ0n) is 17.7.